The molecular formula is C15H24IN. The van der Waals surface area contributed by atoms with E-state index in [1.807, 2.05) is 0 Å². The second kappa shape index (κ2) is 8.09. The monoisotopic (exact) mass is 345 g/mol. The van der Waals surface area contributed by atoms with Crippen LogP contribution in [0.2, 0.25) is 0 Å². The van der Waals surface area contributed by atoms with E-state index in [4.69, 9.17) is 0 Å². The predicted octanol–water partition coefficient (Wildman–Crippen LogP) is 4.25. The number of hydrogen-bond donors (Lipinski definition) is 1. The normalized spacial score (nSPS) is 14.6. The van der Waals surface area contributed by atoms with Gasteiger partial charge in [-0.1, -0.05) is 39.3 Å². The van der Waals surface area contributed by atoms with E-state index in [2.05, 4.69) is 72.9 Å². The molecule has 0 aromatic heterocycles. The molecule has 1 nitrogen and oxygen atoms in total. The number of halogens is 1. The summed E-state index contributed by atoms with van der Waals surface area (Å²) in [4.78, 5) is 0. The van der Waals surface area contributed by atoms with Crippen molar-refractivity contribution in [3.8, 4) is 0 Å². The molecule has 0 saturated carbocycles. The fourth-order valence-corrected chi connectivity index (χ4v) is 2.63. The molecule has 17 heavy (non-hydrogen) atoms. The molecule has 96 valence electrons. The number of hydrogen-bond acceptors (Lipinski definition) is 1. The molecule has 1 aromatic carbocycles. The van der Waals surface area contributed by atoms with E-state index < -0.39 is 0 Å². The lowest BCUT2D eigenvalue weighted by atomic mass is 9.91. The average molecular weight is 345 g/mol. The van der Waals surface area contributed by atoms with E-state index >= 15 is 0 Å². The zero-order valence-corrected chi connectivity index (χ0v) is 13.3. The highest BCUT2D eigenvalue weighted by Gasteiger charge is 2.15. The van der Waals surface area contributed by atoms with Gasteiger partial charge in [-0.05, 0) is 65.6 Å². The van der Waals surface area contributed by atoms with Crippen LogP contribution < -0.4 is 5.32 Å². The maximum atomic E-state index is 3.63. The van der Waals surface area contributed by atoms with Gasteiger partial charge in [0.1, 0.15) is 0 Å². The first kappa shape index (κ1) is 15.0. The van der Waals surface area contributed by atoms with Gasteiger partial charge in [-0.3, -0.25) is 0 Å². The van der Waals surface area contributed by atoms with E-state index in [-0.39, 0.29) is 0 Å². The van der Waals surface area contributed by atoms with Gasteiger partial charge in [-0.15, -0.1) is 0 Å². The third-order valence-corrected chi connectivity index (χ3v) is 3.99. The highest BCUT2D eigenvalue weighted by molar-refractivity contribution is 14.1. The van der Waals surface area contributed by atoms with Crippen LogP contribution >= 0.6 is 22.6 Å². The predicted molar refractivity (Wildman–Crippen MR) is 84.4 cm³/mol. The lowest BCUT2D eigenvalue weighted by Crippen LogP contribution is -2.36. The summed E-state index contributed by atoms with van der Waals surface area (Å²) in [6, 6.07) is 9.52. The van der Waals surface area contributed by atoms with Crippen molar-refractivity contribution < 1.29 is 0 Å². The Hall–Kier alpha value is -0.0900. The quantitative estimate of drug-likeness (QED) is 0.729. The third-order valence-electron chi connectivity index (χ3n) is 3.27. The van der Waals surface area contributed by atoms with Crippen molar-refractivity contribution in [1.29, 1.82) is 0 Å². The molecule has 0 heterocycles. The average Bonchev–Trinajstić information content (AvgIpc) is 2.31. The van der Waals surface area contributed by atoms with Gasteiger partial charge in [0.2, 0.25) is 0 Å². The van der Waals surface area contributed by atoms with Crippen LogP contribution in [0.15, 0.2) is 24.3 Å². The Morgan fingerprint density at radius 2 is 1.82 bits per heavy atom. The van der Waals surface area contributed by atoms with Crippen LogP contribution in [0, 0.1) is 9.49 Å². The van der Waals surface area contributed by atoms with Gasteiger partial charge in [-0.2, -0.15) is 0 Å². The molecule has 0 aliphatic rings. The molecule has 0 spiro atoms. The first-order chi connectivity index (χ1) is 8.17. The summed E-state index contributed by atoms with van der Waals surface area (Å²) < 4.78 is 1.31. The van der Waals surface area contributed by atoms with Crippen molar-refractivity contribution >= 4 is 22.6 Å². The minimum Gasteiger partial charge on any atom is -0.314 e. The summed E-state index contributed by atoms with van der Waals surface area (Å²) in [5, 5.41) is 3.63. The minimum atomic E-state index is 0.611. The van der Waals surface area contributed by atoms with Crippen molar-refractivity contribution in [2.75, 3.05) is 6.54 Å². The van der Waals surface area contributed by atoms with E-state index in [0.717, 1.165) is 18.9 Å². The molecule has 0 aliphatic heterocycles. The summed E-state index contributed by atoms with van der Waals surface area (Å²) in [6.45, 7) is 7.89. The maximum Gasteiger partial charge on any atom is 0.0133 e. The third kappa shape index (κ3) is 5.38. The lowest BCUT2D eigenvalue weighted by Gasteiger charge is -2.24. The van der Waals surface area contributed by atoms with Gasteiger partial charge in [0.25, 0.3) is 0 Å². The Labute approximate surface area is 120 Å². The first-order valence-electron chi connectivity index (χ1n) is 6.65. The smallest absolute Gasteiger partial charge is 0.0133 e. The highest BCUT2D eigenvalue weighted by atomic mass is 127. The van der Waals surface area contributed by atoms with Crippen molar-refractivity contribution in [2.45, 2.75) is 46.1 Å². The van der Waals surface area contributed by atoms with Crippen molar-refractivity contribution in [2.24, 2.45) is 5.92 Å². The molecule has 0 bridgehead atoms. The van der Waals surface area contributed by atoms with Crippen LogP contribution in [0.25, 0.3) is 0 Å². The maximum absolute atomic E-state index is 3.63. The van der Waals surface area contributed by atoms with Crippen molar-refractivity contribution in [3.63, 3.8) is 0 Å². The molecule has 2 heteroatoms. The molecule has 1 aromatic rings. The molecular weight excluding hydrogens is 321 g/mol. The molecule has 0 amide bonds. The van der Waals surface area contributed by atoms with Crippen LogP contribution in [0.4, 0.5) is 0 Å². The SMILES string of the molecule is CCCC(C)C(Cc1ccc(I)cc1)NCC. The molecule has 1 rings (SSSR count). The summed E-state index contributed by atoms with van der Waals surface area (Å²) in [7, 11) is 0. The van der Waals surface area contributed by atoms with Gasteiger partial charge in [-0.25, -0.2) is 0 Å². The Morgan fingerprint density at radius 1 is 1.18 bits per heavy atom. The standard InChI is InChI=1S/C15H24IN/c1-4-6-12(3)15(17-5-2)11-13-7-9-14(16)10-8-13/h7-10,12,15,17H,4-6,11H2,1-3H3. The number of benzene rings is 1. The molecule has 0 saturated heterocycles. The fraction of sp³-hybridized carbons (Fsp3) is 0.600. The zero-order chi connectivity index (χ0) is 12.7. The molecule has 0 aliphatic carbocycles. The van der Waals surface area contributed by atoms with Crippen molar-refractivity contribution in [3.05, 3.63) is 33.4 Å². The topological polar surface area (TPSA) is 12.0 Å². The Kier molecular flexibility index (Phi) is 7.12. The highest BCUT2D eigenvalue weighted by Crippen LogP contribution is 2.16. The van der Waals surface area contributed by atoms with E-state index in [9.17, 15) is 0 Å². The summed E-state index contributed by atoms with van der Waals surface area (Å²) in [5.74, 6) is 0.749. The van der Waals surface area contributed by atoms with E-state index in [1.54, 1.807) is 0 Å². The second-order valence-corrected chi connectivity index (χ2v) is 6.01. The minimum absolute atomic E-state index is 0.611. The molecule has 0 fully saturated rings. The lowest BCUT2D eigenvalue weighted by molar-refractivity contribution is 0.358. The molecule has 2 unspecified atom stereocenters. The molecule has 0 radical (unpaired) electrons. The van der Waals surface area contributed by atoms with Crippen LogP contribution in [0.1, 0.15) is 39.2 Å². The fourth-order valence-electron chi connectivity index (χ4n) is 2.27. The van der Waals surface area contributed by atoms with Gasteiger partial charge >= 0.3 is 0 Å². The summed E-state index contributed by atoms with van der Waals surface area (Å²) in [6.07, 6.45) is 3.73. The van der Waals surface area contributed by atoms with Gasteiger partial charge in [0.15, 0.2) is 0 Å². The molecule has 1 N–H and O–H groups in total. The largest absolute Gasteiger partial charge is 0.314 e. The van der Waals surface area contributed by atoms with Crippen molar-refractivity contribution in [1.82, 2.24) is 5.32 Å². The van der Waals surface area contributed by atoms with Gasteiger partial charge < -0.3 is 5.32 Å². The van der Waals surface area contributed by atoms with Gasteiger partial charge in [0, 0.05) is 9.61 Å². The second-order valence-electron chi connectivity index (χ2n) is 4.76. The zero-order valence-electron chi connectivity index (χ0n) is 11.2. The van der Waals surface area contributed by atoms with Crippen LogP contribution in [-0.2, 0) is 6.42 Å². The van der Waals surface area contributed by atoms with E-state index in [1.165, 1.54) is 22.0 Å². The first-order valence-corrected chi connectivity index (χ1v) is 7.73. The number of likely N-dealkylation sites (N-methyl/N-ethyl adjacent to an activating group) is 1. The van der Waals surface area contributed by atoms with Crippen LogP contribution in [0.5, 0.6) is 0 Å². The number of nitrogens with one attached hydrogen (secondary N) is 1. The summed E-state index contributed by atoms with van der Waals surface area (Å²) in [5.41, 5.74) is 1.44. The summed E-state index contributed by atoms with van der Waals surface area (Å²) >= 11 is 2.36. The van der Waals surface area contributed by atoms with Crippen LogP contribution in [0.3, 0.4) is 0 Å². The van der Waals surface area contributed by atoms with Crippen LogP contribution in [-0.4, -0.2) is 12.6 Å². The molecule has 2 atom stereocenters. The Balaban J connectivity index is 2.62. The van der Waals surface area contributed by atoms with Gasteiger partial charge in [0.05, 0.1) is 0 Å². The van der Waals surface area contributed by atoms with E-state index in [0.29, 0.717) is 6.04 Å². The number of rotatable bonds is 7. The Bertz CT molecular complexity index is 307. The Morgan fingerprint density at radius 3 is 2.35 bits per heavy atom.